The molecule has 10 rings (SSSR count). The Hall–Kier alpha value is -6.17. The number of nitrogens with one attached hydrogen (secondary N) is 3. The Labute approximate surface area is 383 Å². The fourth-order valence-corrected chi connectivity index (χ4v) is 9.57. The molecule has 4 aliphatic rings. The van der Waals surface area contributed by atoms with Crippen LogP contribution in [-0.2, 0) is 16.8 Å². The second kappa shape index (κ2) is 18.4. The Kier molecular flexibility index (Phi) is 12.5. The monoisotopic (exact) mass is 901 g/mol. The number of halogens is 1. The van der Waals surface area contributed by atoms with E-state index in [1.807, 2.05) is 55.9 Å². The van der Waals surface area contributed by atoms with Crippen molar-refractivity contribution in [2.45, 2.75) is 83.3 Å². The van der Waals surface area contributed by atoms with Crippen LogP contribution in [-0.4, -0.2) is 103 Å². The Balaban J connectivity index is 0.00000533. The van der Waals surface area contributed by atoms with E-state index in [0.29, 0.717) is 37.3 Å². The first kappa shape index (κ1) is 44.1. The standard InChI is InChI=1S/C47H55N13O4.ClH/c1-47(2,3)45-54-44(64-55-45)43(62)52-38-10-17-48-25-32-24-31(4-9-37(32)38)42-40-11-18-49-60(40)29-39(51-42)33-26-50-59(28-33)36-14-19-56(20-15-36)27-30-12-21-57(22-13-30)34-5-7-35(8-6-34)58-23-16-41(61)53-46(58)63;/h4-9,11,18,24,26,28-30,36,38,48H,10,12-17,19-23,25,27H2,1-3H3,(H,52,62)(H,53,61,63);1H/t38-;/m1./s1. The van der Waals surface area contributed by atoms with Crippen molar-refractivity contribution in [1.82, 2.24) is 55.4 Å². The number of carbonyl (C=O) groups excluding carboxylic acids is 3. The molecule has 2 aromatic carbocycles. The lowest BCUT2D eigenvalue weighted by Crippen LogP contribution is -2.49. The SMILES string of the molecule is CC(C)(C)c1noc(C(=O)N[C@@H]2CCNCc3cc(-c4nc(-c5cnn(C6CCN(CC7CCN(c8ccc(N9CCC(=O)NC9=O)cc8)CC7)CC6)c5)cn5nccc45)ccc32)n1.Cl. The van der Waals surface area contributed by atoms with Gasteiger partial charge in [-0.15, -0.1) is 12.4 Å². The van der Waals surface area contributed by atoms with Crippen LogP contribution < -0.4 is 25.8 Å². The fourth-order valence-electron chi connectivity index (χ4n) is 9.57. The molecule has 0 aliphatic carbocycles. The summed E-state index contributed by atoms with van der Waals surface area (Å²) in [5.74, 6) is 0.528. The van der Waals surface area contributed by atoms with Crippen LogP contribution in [0, 0.1) is 5.92 Å². The third-order valence-corrected chi connectivity index (χ3v) is 13.2. The summed E-state index contributed by atoms with van der Waals surface area (Å²) in [6.07, 6.45) is 13.3. The maximum atomic E-state index is 13.3. The second-order valence-electron chi connectivity index (χ2n) is 18.7. The first-order valence-corrected chi connectivity index (χ1v) is 22.6. The number of likely N-dealkylation sites (tertiary alicyclic amines) is 1. The molecule has 18 heteroatoms. The normalized spacial score (nSPS) is 19.2. The van der Waals surface area contributed by atoms with Crippen LogP contribution in [0.2, 0.25) is 0 Å². The van der Waals surface area contributed by atoms with Gasteiger partial charge in [-0.1, -0.05) is 38.1 Å². The van der Waals surface area contributed by atoms with Crippen molar-refractivity contribution in [3.63, 3.8) is 0 Å². The zero-order valence-electron chi connectivity index (χ0n) is 37.1. The molecule has 3 fully saturated rings. The molecule has 0 spiro atoms. The smallest absolute Gasteiger partial charge is 0.328 e. The van der Waals surface area contributed by atoms with Crippen molar-refractivity contribution in [2.75, 3.05) is 55.6 Å². The van der Waals surface area contributed by atoms with E-state index < -0.39 is 0 Å². The molecule has 6 aromatic rings. The number of carbonyl (C=O) groups is 3. The number of imide groups is 1. The highest BCUT2D eigenvalue weighted by Gasteiger charge is 2.30. The van der Waals surface area contributed by atoms with Gasteiger partial charge in [0.15, 0.2) is 5.82 Å². The van der Waals surface area contributed by atoms with Crippen molar-refractivity contribution in [3.05, 3.63) is 96.2 Å². The maximum Gasteiger partial charge on any atom is 0.328 e. The Morgan fingerprint density at radius 2 is 1.66 bits per heavy atom. The van der Waals surface area contributed by atoms with Gasteiger partial charge in [-0.25, -0.2) is 14.3 Å². The molecule has 0 radical (unpaired) electrons. The minimum atomic E-state index is -0.381. The average molecular weight is 903 g/mol. The largest absolute Gasteiger partial charge is 0.372 e. The zero-order valence-corrected chi connectivity index (χ0v) is 37.9. The number of nitrogens with zero attached hydrogens (tertiary/aromatic N) is 10. The van der Waals surface area contributed by atoms with Crippen LogP contribution in [0.5, 0.6) is 0 Å². The van der Waals surface area contributed by atoms with Gasteiger partial charge in [-0.05, 0) is 92.1 Å². The zero-order chi connectivity index (χ0) is 44.0. The Bertz CT molecular complexity index is 2670. The predicted octanol–water partition coefficient (Wildman–Crippen LogP) is 6.33. The molecular weight excluding hydrogens is 846 g/mol. The van der Waals surface area contributed by atoms with E-state index in [0.717, 1.165) is 116 Å². The molecule has 3 N–H and O–H groups in total. The topological polar surface area (TPSA) is 184 Å². The summed E-state index contributed by atoms with van der Waals surface area (Å²) in [5, 5.41) is 22.6. The Morgan fingerprint density at radius 3 is 2.42 bits per heavy atom. The minimum absolute atomic E-state index is 0. The summed E-state index contributed by atoms with van der Waals surface area (Å²) < 4.78 is 9.36. The molecule has 3 saturated heterocycles. The Morgan fingerprint density at radius 1 is 0.877 bits per heavy atom. The van der Waals surface area contributed by atoms with Crippen LogP contribution in [0.4, 0.5) is 16.2 Å². The summed E-state index contributed by atoms with van der Waals surface area (Å²) in [6, 6.07) is 16.2. The molecule has 340 valence electrons. The number of anilines is 2. The molecule has 4 amide bonds. The average Bonchev–Trinajstić information content (AvgIpc) is 4.08. The van der Waals surface area contributed by atoms with Crippen LogP contribution in [0.15, 0.2) is 77.8 Å². The first-order valence-electron chi connectivity index (χ1n) is 22.6. The number of aromatic nitrogens is 7. The highest BCUT2D eigenvalue weighted by molar-refractivity contribution is 6.05. The van der Waals surface area contributed by atoms with Gasteiger partial charge in [0.2, 0.25) is 5.91 Å². The highest BCUT2D eigenvalue weighted by Crippen LogP contribution is 2.34. The van der Waals surface area contributed by atoms with Crippen LogP contribution in [0.1, 0.15) is 99.0 Å². The first-order chi connectivity index (χ1) is 31.0. The molecule has 17 nitrogen and oxygen atoms in total. The molecular formula is C47H56ClN13O4. The van der Waals surface area contributed by atoms with E-state index in [1.165, 1.54) is 5.69 Å². The number of hydrogen-bond donors (Lipinski definition) is 3. The third-order valence-electron chi connectivity index (χ3n) is 13.2. The number of hydrogen-bond acceptors (Lipinski definition) is 12. The van der Waals surface area contributed by atoms with Crippen molar-refractivity contribution in [1.29, 1.82) is 0 Å². The minimum Gasteiger partial charge on any atom is -0.372 e. The number of amides is 4. The van der Waals surface area contributed by atoms with Gasteiger partial charge in [0.05, 0.1) is 47.6 Å². The lowest BCUT2D eigenvalue weighted by atomic mass is 9.94. The number of benzene rings is 2. The van der Waals surface area contributed by atoms with Crippen LogP contribution >= 0.6 is 12.4 Å². The summed E-state index contributed by atoms with van der Waals surface area (Å²) >= 11 is 0. The second-order valence-corrected chi connectivity index (χ2v) is 18.7. The van der Waals surface area contributed by atoms with Crippen molar-refractivity contribution in [2.24, 2.45) is 5.92 Å². The third kappa shape index (κ3) is 9.35. The van der Waals surface area contributed by atoms with E-state index in [2.05, 4.69) is 82.2 Å². The summed E-state index contributed by atoms with van der Waals surface area (Å²) in [5.41, 5.74) is 8.25. The highest BCUT2D eigenvalue weighted by atomic mass is 35.5. The van der Waals surface area contributed by atoms with Gasteiger partial charge in [-0.3, -0.25) is 24.5 Å². The van der Waals surface area contributed by atoms with E-state index in [-0.39, 0.29) is 47.6 Å². The number of urea groups is 1. The molecule has 4 aliphatic heterocycles. The van der Waals surface area contributed by atoms with Gasteiger partial charge in [0.25, 0.3) is 0 Å². The van der Waals surface area contributed by atoms with Crippen molar-refractivity contribution in [3.8, 4) is 22.5 Å². The van der Waals surface area contributed by atoms with Gasteiger partial charge in [-0.2, -0.15) is 15.2 Å². The van der Waals surface area contributed by atoms with E-state index in [4.69, 9.17) is 14.6 Å². The van der Waals surface area contributed by atoms with Gasteiger partial charge < -0.3 is 25.0 Å². The molecule has 1 atom stereocenters. The van der Waals surface area contributed by atoms with Crippen molar-refractivity contribution < 1.29 is 18.9 Å². The molecule has 0 bridgehead atoms. The number of fused-ring (bicyclic) bond motifs is 2. The van der Waals surface area contributed by atoms with Gasteiger partial charge in [0.1, 0.15) is 0 Å². The molecule has 4 aromatic heterocycles. The molecule has 65 heavy (non-hydrogen) atoms. The van der Waals surface area contributed by atoms with Gasteiger partial charge >= 0.3 is 17.8 Å². The maximum absolute atomic E-state index is 13.3. The lowest BCUT2D eigenvalue weighted by molar-refractivity contribution is -0.120. The molecule has 0 unspecified atom stereocenters. The van der Waals surface area contributed by atoms with E-state index >= 15 is 0 Å². The van der Waals surface area contributed by atoms with Crippen molar-refractivity contribution >= 4 is 47.1 Å². The summed E-state index contributed by atoms with van der Waals surface area (Å²) in [6.45, 7) is 13.0. The number of piperidine rings is 2. The molecule has 0 saturated carbocycles. The van der Waals surface area contributed by atoms with E-state index in [9.17, 15) is 14.4 Å². The quantitative estimate of drug-likeness (QED) is 0.147. The fraction of sp³-hybridized carbons (Fsp3) is 0.447. The predicted molar refractivity (Wildman–Crippen MR) is 248 cm³/mol. The van der Waals surface area contributed by atoms with E-state index in [1.54, 1.807) is 11.1 Å². The van der Waals surface area contributed by atoms with Crippen LogP contribution in [0.25, 0.3) is 28.0 Å². The number of rotatable bonds is 9. The van der Waals surface area contributed by atoms with Gasteiger partial charge in [0, 0.05) is 86.3 Å². The lowest BCUT2D eigenvalue weighted by Gasteiger charge is -2.38. The van der Waals surface area contributed by atoms with Crippen LogP contribution in [0.3, 0.4) is 0 Å². The summed E-state index contributed by atoms with van der Waals surface area (Å²) in [4.78, 5) is 53.4. The molecule has 8 heterocycles. The summed E-state index contributed by atoms with van der Waals surface area (Å²) in [7, 11) is 0.